The predicted octanol–water partition coefficient (Wildman–Crippen LogP) is 2.86. The monoisotopic (exact) mass is 404 g/mol. The minimum atomic E-state index is -0.629. The van der Waals surface area contributed by atoms with Crippen molar-refractivity contribution in [2.24, 2.45) is 11.5 Å². The molecule has 30 heavy (non-hydrogen) atoms. The standard InChI is InChI=1S/C22H24N6O2/c1-13-6-14(2)8-17(7-13)27-21-18(20(24)30)10-25-22(28-21)26-11-19(23)16-5-3-4-15(9-16)12-29/h3-10,12,19H,11,23H2,1-2H3,(H2,24,30)(H2,25,26,27,28)/t19-/m0/s1. The Labute approximate surface area is 174 Å². The Hall–Kier alpha value is -3.78. The average molecular weight is 404 g/mol. The number of aromatic nitrogens is 2. The van der Waals surface area contributed by atoms with E-state index in [1.807, 2.05) is 38.1 Å². The molecule has 0 spiro atoms. The highest BCUT2D eigenvalue weighted by Crippen LogP contribution is 2.22. The molecular formula is C22H24N6O2. The number of hydrogen-bond donors (Lipinski definition) is 4. The van der Waals surface area contributed by atoms with Crippen LogP contribution in [0.15, 0.2) is 48.7 Å². The maximum absolute atomic E-state index is 11.8. The zero-order chi connectivity index (χ0) is 21.7. The number of carbonyl (C=O) groups excluding carboxylic acids is 2. The summed E-state index contributed by atoms with van der Waals surface area (Å²) in [6.45, 7) is 4.31. The van der Waals surface area contributed by atoms with Crippen LogP contribution in [0.4, 0.5) is 17.5 Å². The second-order valence-electron chi connectivity index (χ2n) is 7.10. The number of anilines is 3. The Morgan fingerprint density at radius 3 is 2.57 bits per heavy atom. The van der Waals surface area contributed by atoms with Crippen molar-refractivity contribution in [1.29, 1.82) is 0 Å². The summed E-state index contributed by atoms with van der Waals surface area (Å²) in [6.07, 6.45) is 2.15. The lowest BCUT2D eigenvalue weighted by atomic mass is 10.1. The summed E-state index contributed by atoms with van der Waals surface area (Å²) in [7, 11) is 0. The molecule has 0 radical (unpaired) electrons. The van der Waals surface area contributed by atoms with Gasteiger partial charge in [0, 0.05) is 30.0 Å². The molecule has 0 aliphatic rings. The van der Waals surface area contributed by atoms with Crippen LogP contribution in [0.3, 0.4) is 0 Å². The fraction of sp³-hybridized carbons (Fsp3) is 0.182. The normalized spacial score (nSPS) is 11.6. The fourth-order valence-electron chi connectivity index (χ4n) is 3.11. The first kappa shape index (κ1) is 20.9. The second kappa shape index (κ2) is 9.15. The number of nitrogens with one attached hydrogen (secondary N) is 2. The van der Waals surface area contributed by atoms with Crippen LogP contribution in [-0.4, -0.2) is 28.7 Å². The first-order valence-corrected chi connectivity index (χ1v) is 9.42. The van der Waals surface area contributed by atoms with Gasteiger partial charge in [-0.3, -0.25) is 9.59 Å². The minimum Gasteiger partial charge on any atom is -0.365 e. The minimum absolute atomic E-state index is 0.183. The van der Waals surface area contributed by atoms with Crippen molar-refractivity contribution >= 4 is 29.6 Å². The molecule has 8 nitrogen and oxygen atoms in total. The van der Waals surface area contributed by atoms with Crippen molar-refractivity contribution in [3.05, 3.63) is 76.5 Å². The molecule has 0 bridgehead atoms. The zero-order valence-corrected chi connectivity index (χ0v) is 16.8. The Morgan fingerprint density at radius 2 is 1.90 bits per heavy atom. The maximum Gasteiger partial charge on any atom is 0.254 e. The first-order chi connectivity index (χ1) is 14.4. The highest BCUT2D eigenvalue weighted by atomic mass is 16.1. The lowest BCUT2D eigenvalue weighted by molar-refractivity contribution is 0.1000. The Balaban J connectivity index is 1.79. The Kier molecular flexibility index (Phi) is 6.38. The summed E-state index contributed by atoms with van der Waals surface area (Å²) in [5.41, 5.74) is 16.2. The van der Waals surface area contributed by atoms with E-state index in [4.69, 9.17) is 11.5 Å². The highest BCUT2D eigenvalue weighted by molar-refractivity contribution is 5.98. The quantitative estimate of drug-likeness (QED) is 0.424. The summed E-state index contributed by atoms with van der Waals surface area (Å²) in [4.78, 5) is 31.3. The molecule has 1 atom stereocenters. The van der Waals surface area contributed by atoms with Crippen molar-refractivity contribution < 1.29 is 9.59 Å². The molecule has 3 rings (SSSR count). The van der Waals surface area contributed by atoms with Crippen LogP contribution < -0.4 is 22.1 Å². The van der Waals surface area contributed by atoms with Gasteiger partial charge >= 0.3 is 0 Å². The Bertz CT molecular complexity index is 1060. The molecular weight excluding hydrogens is 380 g/mol. The van der Waals surface area contributed by atoms with Crippen molar-refractivity contribution in [2.45, 2.75) is 19.9 Å². The summed E-state index contributed by atoms with van der Waals surface area (Å²) >= 11 is 0. The molecule has 0 fully saturated rings. The lowest BCUT2D eigenvalue weighted by Crippen LogP contribution is -2.22. The molecule has 154 valence electrons. The number of carbonyl (C=O) groups is 2. The zero-order valence-electron chi connectivity index (χ0n) is 16.8. The number of primary amides is 1. The summed E-state index contributed by atoms with van der Waals surface area (Å²) < 4.78 is 0. The topological polar surface area (TPSA) is 136 Å². The molecule has 6 N–H and O–H groups in total. The molecule has 2 aromatic carbocycles. The third-order valence-corrected chi connectivity index (χ3v) is 4.49. The molecule has 0 saturated heterocycles. The number of aldehydes is 1. The number of benzene rings is 2. The number of nitrogens with zero attached hydrogens (tertiary/aromatic N) is 2. The van der Waals surface area contributed by atoms with E-state index in [1.54, 1.807) is 18.2 Å². The van der Waals surface area contributed by atoms with Gasteiger partial charge in [-0.2, -0.15) is 4.98 Å². The van der Waals surface area contributed by atoms with Crippen LogP contribution in [-0.2, 0) is 0 Å². The van der Waals surface area contributed by atoms with Crippen molar-refractivity contribution in [3.8, 4) is 0 Å². The molecule has 0 unspecified atom stereocenters. The number of hydrogen-bond acceptors (Lipinski definition) is 7. The maximum atomic E-state index is 11.8. The molecule has 1 amide bonds. The third-order valence-electron chi connectivity index (χ3n) is 4.49. The van der Waals surface area contributed by atoms with E-state index in [-0.39, 0.29) is 11.6 Å². The van der Waals surface area contributed by atoms with Crippen molar-refractivity contribution in [2.75, 3.05) is 17.2 Å². The van der Waals surface area contributed by atoms with Crippen LogP contribution in [0.25, 0.3) is 0 Å². The van der Waals surface area contributed by atoms with E-state index in [0.717, 1.165) is 28.7 Å². The predicted molar refractivity (Wildman–Crippen MR) is 117 cm³/mol. The van der Waals surface area contributed by atoms with Gasteiger partial charge in [0.15, 0.2) is 0 Å². The van der Waals surface area contributed by atoms with Gasteiger partial charge in [0.05, 0.1) is 0 Å². The van der Waals surface area contributed by atoms with Crippen molar-refractivity contribution in [3.63, 3.8) is 0 Å². The van der Waals surface area contributed by atoms with Gasteiger partial charge < -0.3 is 22.1 Å². The smallest absolute Gasteiger partial charge is 0.254 e. The van der Waals surface area contributed by atoms with Gasteiger partial charge in [-0.15, -0.1) is 0 Å². The fourth-order valence-corrected chi connectivity index (χ4v) is 3.11. The van der Waals surface area contributed by atoms with E-state index >= 15 is 0 Å². The third kappa shape index (κ3) is 5.18. The lowest BCUT2D eigenvalue weighted by Gasteiger charge is -2.15. The Morgan fingerprint density at radius 1 is 1.17 bits per heavy atom. The van der Waals surface area contributed by atoms with Gasteiger partial charge in [-0.05, 0) is 48.7 Å². The van der Waals surface area contributed by atoms with Gasteiger partial charge in [0.25, 0.3) is 5.91 Å². The van der Waals surface area contributed by atoms with Crippen LogP contribution in [0.2, 0.25) is 0 Å². The van der Waals surface area contributed by atoms with Crippen molar-refractivity contribution in [1.82, 2.24) is 9.97 Å². The number of aryl methyl sites for hydroxylation is 2. The van der Waals surface area contributed by atoms with Gasteiger partial charge in [-0.1, -0.05) is 24.3 Å². The molecule has 1 heterocycles. The average Bonchev–Trinajstić information content (AvgIpc) is 2.71. The SMILES string of the molecule is Cc1cc(C)cc(Nc2nc(NC[C@H](N)c3cccc(C=O)c3)ncc2C(N)=O)c1. The van der Waals surface area contributed by atoms with Crippen LogP contribution >= 0.6 is 0 Å². The van der Waals surface area contributed by atoms with Gasteiger partial charge in [0.2, 0.25) is 5.95 Å². The number of nitrogens with two attached hydrogens (primary N) is 2. The molecule has 3 aromatic rings. The van der Waals surface area contributed by atoms with Crippen LogP contribution in [0.5, 0.6) is 0 Å². The molecule has 0 saturated carbocycles. The van der Waals surface area contributed by atoms with Crippen LogP contribution in [0, 0.1) is 13.8 Å². The van der Waals surface area contributed by atoms with E-state index in [2.05, 4.69) is 20.6 Å². The summed E-state index contributed by atoms with van der Waals surface area (Å²) in [5.74, 6) is -0.0220. The second-order valence-corrected chi connectivity index (χ2v) is 7.10. The number of amides is 1. The highest BCUT2D eigenvalue weighted by Gasteiger charge is 2.14. The molecule has 0 aliphatic heterocycles. The number of rotatable bonds is 8. The summed E-state index contributed by atoms with van der Waals surface area (Å²) in [6, 6.07) is 12.7. The van der Waals surface area contributed by atoms with E-state index < -0.39 is 5.91 Å². The largest absolute Gasteiger partial charge is 0.365 e. The van der Waals surface area contributed by atoms with E-state index in [1.165, 1.54) is 6.20 Å². The van der Waals surface area contributed by atoms with Gasteiger partial charge in [-0.25, -0.2) is 4.98 Å². The van der Waals surface area contributed by atoms with Crippen LogP contribution in [0.1, 0.15) is 43.4 Å². The van der Waals surface area contributed by atoms with E-state index in [0.29, 0.717) is 23.9 Å². The molecule has 0 aliphatic carbocycles. The summed E-state index contributed by atoms with van der Waals surface area (Å²) in [5, 5.41) is 6.22. The molecule has 8 heteroatoms. The first-order valence-electron chi connectivity index (χ1n) is 9.42. The van der Waals surface area contributed by atoms with Gasteiger partial charge in [0.1, 0.15) is 17.7 Å². The molecule has 1 aromatic heterocycles. The van der Waals surface area contributed by atoms with E-state index in [9.17, 15) is 9.59 Å².